The van der Waals surface area contributed by atoms with Gasteiger partial charge in [-0.25, -0.2) is 9.78 Å². The highest BCUT2D eigenvalue weighted by molar-refractivity contribution is 6.29. The number of carbonyl (C=O) groups excluding carboxylic acids is 1. The predicted molar refractivity (Wildman–Crippen MR) is 86.8 cm³/mol. The molecule has 0 spiro atoms. The van der Waals surface area contributed by atoms with Crippen molar-refractivity contribution in [1.29, 1.82) is 0 Å². The molecule has 0 aliphatic rings. The van der Waals surface area contributed by atoms with E-state index < -0.39 is 0 Å². The summed E-state index contributed by atoms with van der Waals surface area (Å²) in [4.78, 5) is 16.4. The third-order valence-electron chi connectivity index (χ3n) is 3.58. The zero-order chi connectivity index (χ0) is 15.7. The van der Waals surface area contributed by atoms with E-state index in [1.807, 2.05) is 0 Å². The Morgan fingerprint density at radius 3 is 2.67 bits per heavy atom. The summed E-state index contributed by atoms with van der Waals surface area (Å²) < 4.78 is 5.44. The molecule has 1 atom stereocenters. The molecule has 21 heavy (non-hydrogen) atoms. The smallest absolute Gasteiger partial charge is 0.338 e. The van der Waals surface area contributed by atoms with Crippen LogP contribution in [0, 0.1) is 5.92 Å². The van der Waals surface area contributed by atoms with E-state index in [0.29, 0.717) is 23.2 Å². The molecule has 118 valence electrons. The van der Waals surface area contributed by atoms with Crippen LogP contribution < -0.4 is 0 Å². The summed E-state index contributed by atoms with van der Waals surface area (Å²) in [5, 5.41) is 0.353. The molecular formula is C17H26ClNO2. The molecule has 0 saturated carbocycles. The number of ether oxygens (including phenoxy) is 1. The molecule has 0 fully saturated rings. The number of unbranched alkanes of at least 4 members (excludes halogenated alkanes) is 1. The number of carbonyl (C=O) groups is 1. The maximum atomic E-state index is 12.1. The zero-order valence-electron chi connectivity index (χ0n) is 13.3. The van der Waals surface area contributed by atoms with Crippen LogP contribution in [0.3, 0.4) is 0 Å². The summed E-state index contributed by atoms with van der Waals surface area (Å²) in [5.74, 6) is 0.146. The first-order chi connectivity index (χ1) is 10.1. The van der Waals surface area contributed by atoms with E-state index in [1.54, 1.807) is 12.1 Å². The second-order valence-electron chi connectivity index (χ2n) is 5.43. The van der Waals surface area contributed by atoms with Crippen molar-refractivity contribution in [2.45, 2.75) is 59.3 Å². The minimum atomic E-state index is -0.299. The number of aryl methyl sites for hydroxylation is 1. The highest BCUT2D eigenvalue weighted by Gasteiger charge is 2.13. The molecule has 1 unspecified atom stereocenters. The van der Waals surface area contributed by atoms with Crippen LogP contribution >= 0.6 is 11.6 Å². The summed E-state index contributed by atoms with van der Waals surface area (Å²) in [6, 6.07) is 3.36. The summed E-state index contributed by atoms with van der Waals surface area (Å²) in [7, 11) is 0. The SMILES string of the molecule is CCCCC(CC)COC(=O)c1cc(Cl)nc(CCC)c1. The first kappa shape index (κ1) is 18.0. The van der Waals surface area contributed by atoms with E-state index in [2.05, 4.69) is 25.8 Å². The van der Waals surface area contributed by atoms with E-state index in [1.165, 1.54) is 12.8 Å². The van der Waals surface area contributed by atoms with Crippen molar-refractivity contribution in [2.75, 3.05) is 6.61 Å². The van der Waals surface area contributed by atoms with Gasteiger partial charge in [-0.1, -0.05) is 58.1 Å². The van der Waals surface area contributed by atoms with Gasteiger partial charge in [0.1, 0.15) is 5.15 Å². The Morgan fingerprint density at radius 2 is 2.05 bits per heavy atom. The molecule has 0 aromatic carbocycles. The van der Waals surface area contributed by atoms with Crippen molar-refractivity contribution in [2.24, 2.45) is 5.92 Å². The van der Waals surface area contributed by atoms with Crippen LogP contribution in [0.15, 0.2) is 12.1 Å². The molecule has 0 aliphatic carbocycles. The summed E-state index contributed by atoms with van der Waals surface area (Å²) >= 11 is 5.97. The Kier molecular flexibility index (Phi) is 8.36. The molecule has 0 amide bonds. The minimum Gasteiger partial charge on any atom is -0.462 e. The van der Waals surface area contributed by atoms with E-state index >= 15 is 0 Å². The average Bonchev–Trinajstić information content (AvgIpc) is 2.47. The molecular weight excluding hydrogens is 286 g/mol. The van der Waals surface area contributed by atoms with Crippen LogP contribution in [0.4, 0.5) is 0 Å². The van der Waals surface area contributed by atoms with Crippen molar-refractivity contribution in [3.8, 4) is 0 Å². The molecule has 0 aliphatic heterocycles. The summed E-state index contributed by atoms with van der Waals surface area (Å²) in [6.45, 7) is 6.86. The molecule has 4 heteroatoms. The lowest BCUT2D eigenvalue weighted by atomic mass is 10.0. The fraction of sp³-hybridized carbons (Fsp3) is 0.647. The lowest BCUT2D eigenvalue weighted by molar-refractivity contribution is 0.0428. The molecule has 0 radical (unpaired) electrons. The third kappa shape index (κ3) is 6.47. The number of aromatic nitrogens is 1. The Morgan fingerprint density at radius 1 is 1.29 bits per heavy atom. The van der Waals surface area contributed by atoms with Gasteiger partial charge in [-0.2, -0.15) is 0 Å². The maximum absolute atomic E-state index is 12.1. The molecule has 1 aromatic heterocycles. The van der Waals surface area contributed by atoms with Gasteiger partial charge in [-0.3, -0.25) is 0 Å². The van der Waals surface area contributed by atoms with Crippen molar-refractivity contribution in [3.63, 3.8) is 0 Å². The largest absolute Gasteiger partial charge is 0.462 e. The number of hydrogen-bond acceptors (Lipinski definition) is 3. The number of nitrogens with zero attached hydrogens (tertiary/aromatic N) is 1. The van der Waals surface area contributed by atoms with Gasteiger partial charge in [0.2, 0.25) is 0 Å². The lowest BCUT2D eigenvalue weighted by Crippen LogP contribution is -2.14. The van der Waals surface area contributed by atoms with E-state index in [9.17, 15) is 4.79 Å². The van der Waals surface area contributed by atoms with Crippen molar-refractivity contribution in [3.05, 3.63) is 28.5 Å². The molecule has 1 rings (SSSR count). The fourth-order valence-electron chi connectivity index (χ4n) is 2.23. The van der Waals surface area contributed by atoms with E-state index in [4.69, 9.17) is 16.3 Å². The van der Waals surface area contributed by atoms with Gasteiger partial charge in [0.05, 0.1) is 12.2 Å². The molecule has 3 nitrogen and oxygen atoms in total. The van der Waals surface area contributed by atoms with Crippen molar-refractivity contribution in [1.82, 2.24) is 4.98 Å². The lowest BCUT2D eigenvalue weighted by Gasteiger charge is -2.14. The van der Waals surface area contributed by atoms with Crippen molar-refractivity contribution < 1.29 is 9.53 Å². The Hall–Kier alpha value is -1.09. The van der Waals surface area contributed by atoms with Crippen LogP contribution in [0.1, 0.15) is 68.9 Å². The molecule has 0 bridgehead atoms. The summed E-state index contributed by atoms with van der Waals surface area (Å²) in [6.07, 6.45) is 6.28. The first-order valence-electron chi connectivity index (χ1n) is 7.94. The third-order valence-corrected chi connectivity index (χ3v) is 3.78. The second-order valence-corrected chi connectivity index (χ2v) is 5.82. The number of pyridine rings is 1. The number of esters is 1. The van der Waals surface area contributed by atoms with Gasteiger partial charge in [0.25, 0.3) is 0 Å². The highest BCUT2D eigenvalue weighted by atomic mass is 35.5. The number of halogens is 1. The molecule has 1 heterocycles. The zero-order valence-corrected chi connectivity index (χ0v) is 14.1. The molecule has 0 saturated heterocycles. The summed E-state index contributed by atoms with van der Waals surface area (Å²) in [5.41, 5.74) is 1.35. The highest BCUT2D eigenvalue weighted by Crippen LogP contribution is 2.16. The van der Waals surface area contributed by atoms with Gasteiger partial charge in [-0.15, -0.1) is 0 Å². The monoisotopic (exact) mass is 311 g/mol. The molecule has 0 N–H and O–H groups in total. The minimum absolute atomic E-state index is 0.299. The first-order valence-corrected chi connectivity index (χ1v) is 8.32. The fourth-order valence-corrected chi connectivity index (χ4v) is 2.45. The number of rotatable bonds is 9. The topological polar surface area (TPSA) is 39.2 Å². The van der Waals surface area contributed by atoms with Gasteiger partial charge in [-0.05, 0) is 30.9 Å². The van der Waals surface area contributed by atoms with Crippen LogP contribution in [0.5, 0.6) is 0 Å². The van der Waals surface area contributed by atoms with Gasteiger partial charge in [0.15, 0.2) is 0 Å². The van der Waals surface area contributed by atoms with E-state index in [0.717, 1.165) is 31.4 Å². The van der Waals surface area contributed by atoms with Crippen LogP contribution in [-0.4, -0.2) is 17.6 Å². The number of hydrogen-bond donors (Lipinski definition) is 0. The average molecular weight is 312 g/mol. The van der Waals surface area contributed by atoms with Gasteiger partial charge >= 0.3 is 5.97 Å². The Bertz CT molecular complexity index is 448. The van der Waals surface area contributed by atoms with Crippen LogP contribution in [0.2, 0.25) is 5.15 Å². The second kappa shape index (κ2) is 9.78. The van der Waals surface area contributed by atoms with E-state index in [-0.39, 0.29) is 5.97 Å². The van der Waals surface area contributed by atoms with Crippen LogP contribution in [0.25, 0.3) is 0 Å². The predicted octanol–water partition coefficient (Wildman–Crippen LogP) is 5.06. The van der Waals surface area contributed by atoms with Gasteiger partial charge in [0, 0.05) is 5.69 Å². The van der Waals surface area contributed by atoms with Gasteiger partial charge < -0.3 is 4.74 Å². The maximum Gasteiger partial charge on any atom is 0.338 e. The standard InChI is InChI=1S/C17H26ClNO2/c1-4-7-9-13(6-3)12-21-17(20)14-10-15(8-5-2)19-16(18)11-14/h10-11,13H,4-9,12H2,1-3H3. The van der Waals surface area contributed by atoms with Crippen molar-refractivity contribution >= 4 is 17.6 Å². The van der Waals surface area contributed by atoms with Crippen LogP contribution in [-0.2, 0) is 11.2 Å². The Balaban J connectivity index is 2.62. The quantitative estimate of drug-likeness (QED) is 0.472. The molecule has 1 aromatic rings. The normalized spacial score (nSPS) is 12.2. The Labute approximate surface area is 133 Å².